The summed E-state index contributed by atoms with van der Waals surface area (Å²) >= 11 is 0. The van der Waals surface area contributed by atoms with E-state index in [0.29, 0.717) is 12.2 Å². The predicted molar refractivity (Wildman–Crippen MR) is 228 cm³/mol. The van der Waals surface area contributed by atoms with Crippen molar-refractivity contribution in [1.29, 1.82) is 0 Å². The van der Waals surface area contributed by atoms with E-state index in [2.05, 4.69) is 16.4 Å². The van der Waals surface area contributed by atoms with Gasteiger partial charge in [0, 0.05) is 50.2 Å². The molecule has 0 radical (unpaired) electrons. The second-order valence-electron chi connectivity index (χ2n) is 21.2. The average molecular weight is 837 g/mol. The number of H-pyrrole nitrogens is 1. The number of rotatable bonds is 11. The minimum Gasteiger partial charge on any atom is -0.389 e. The number of Topliss-reactive ketones (excluding diaryl/α,β-unsaturated/α-hetero) is 1. The van der Waals surface area contributed by atoms with Gasteiger partial charge in [0.2, 0.25) is 17.8 Å². The summed E-state index contributed by atoms with van der Waals surface area (Å²) in [7, 11) is 0. The number of nitrogens with one attached hydrogen (secondary N) is 2. The second-order valence-corrected chi connectivity index (χ2v) is 21.2. The fraction of sp³-hybridized carbons (Fsp3) is 0.625. The van der Waals surface area contributed by atoms with Crippen molar-refractivity contribution in [3.63, 3.8) is 0 Å². The number of hydrogen-bond donors (Lipinski definition) is 4. The summed E-state index contributed by atoms with van der Waals surface area (Å²) in [5, 5.41) is 26.0. The monoisotopic (exact) mass is 836 g/mol. The maximum atomic E-state index is 14.0. The van der Waals surface area contributed by atoms with Crippen LogP contribution < -0.4 is 5.32 Å². The number of ketones is 1. The number of amides is 1. The van der Waals surface area contributed by atoms with Crippen LogP contribution >= 0.6 is 0 Å². The summed E-state index contributed by atoms with van der Waals surface area (Å²) in [5.41, 5.74) is -0.0866. The van der Waals surface area contributed by atoms with Gasteiger partial charge < -0.3 is 20.5 Å². The summed E-state index contributed by atoms with van der Waals surface area (Å²) in [6.07, 6.45) is 0.0273. The zero-order chi connectivity index (χ0) is 44.5. The molecule has 2 aliphatic carbocycles. The Kier molecular flexibility index (Phi) is 11.8. The third-order valence-corrected chi connectivity index (χ3v) is 14.3. The Hall–Kier alpha value is -3.90. The van der Waals surface area contributed by atoms with E-state index in [1.54, 1.807) is 33.9 Å². The van der Waals surface area contributed by atoms with E-state index in [0.717, 1.165) is 39.3 Å². The van der Waals surface area contributed by atoms with Crippen molar-refractivity contribution >= 4 is 23.1 Å². The maximum absolute atomic E-state index is 14.0. The molecule has 0 spiro atoms. The van der Waals surface area contributed by atoms with Gasteiger partial charge in [0.1, 0.15) is 11.6 Å². The lowest BCUT2D eigenvalue weighted by Gasteiger charge is -2.46. The zero-order valence-electron chi connectivity index (χ0n) is 37.0. The van der Waals surface area contributed by atoms with E-state index in [1.807, 2.05) is 77.9 Å². The molecule has 2 heterocycles. The lowest BCUT2D eigenvalue weighted by atomic mass is 9.62. The average Bonchev–Trinajstić information content (AvgIpc) is 3.81. The Labute approximate surface area is 352 Å². The number of carbonyl (C=O) groups excluding carboxylic acids is 2. The Morgan fingerprint density at radius 1 is 0.717 bits per heavy atom. The number of aliphatic imine (C=N–C) groups is 1. The zero-order valence-corrected chi connectivity index (χ0v) is 37.0. The van der Waals surface area contributed by atoms with E-state index in [1.165, 1.54) is 0 Å². The second kappa shape index (κ2) is 15.5. The number of aromatic nitrogens is 2. The summed E-state index contributed by atoms with van der Waals surface area (Å²) in [6.45, 7) is 18.8. The van der Waals surface area contributed by atoms with Crippen molar-refractivity contribution < 1.29 is 37.4 Å². The molecule has 0 saturated heterocycles. The van der Waals surface area contributed by atoms with Crippen molar-refractivity contribution in [3.8, 4) is 22.4 Å². The molecule has 4 N–H and O–H groups in total. The first-order valence-corrected chi connectivity index (χ1v) is 21.4. The molecule has 1 aromatic heterocycles. The molecule has 0 unspecified atom stereocenters. The number of aromatic amines is 1. The van der Waals surface area contributed by atoms with Crippen LogP contribution in [0, 0.1) is 21.7 Å². The molecular formula is C48H64F4N4O4. The largest absolute Gasteiger partial charge is 0.389 e. The van der Waals surface area contributed by atoms with Crippen LogP contribution in [-0.2, 0) is 16.0 Å². The van der Waals surface area contributed by atoms with Crippen LogP contribution in [0.5, 0.6) is 0 Å². The minimum absolute atomic E-state index is 0.0960. The van der Waals surface area contributed by atoms with Gasteiger partial charge in [-0.05, 0) is 84.7 Å². The highest BCUT2D eigenvalue weighted by molar-refractivity contribution is 6.01. The standard InChI is InChI=1S/C48H64F4N4O4/c1-41(2,3)33(27-37(57)43(7,8)45(59)17-21-47(49,50)22-18-45)39-53-28-36(55-39)30-13-11-29(12-14-30)31-15-16-34-32(25-31)26-35(54-34)38(42(4,5)6)56-40(58)44(9,10)46(60)19-23-48(51,52)24-20-46/h11-16,25,28,33,38,59-60H,17-24,26-27H2,1-10H3,(H,53,55)(H,56,58)/t33-,38-/m1/s1. The van der Waals surface area contributed by atoms with E-state index < -0.39 is 76.9 Å². The highest BCUT2D eigenvalue weighted by atomic mass is 19.3. The van der Waals surface area contributed by atoms with E-state index in [9.17, 15) is 37.4 Å². The number of hydrogen-bond acceptors (Lipinski definition) is 6. The number of fused-ring (bicyclic) bond motifs is 1. The third kappa shape index (κ3) is 9.01. The van der Waals surface area contributed by atoms with E-state index >= 15 is 0 Å². The summed E-state index contributed by atoms with van der Waals surface area (Å²) in [4.78, 5) is 40.9. The number of aliphatic hydroxyl groups is 2. The molecule has 60 heavy (non-hydrogen) atoms. The molecule has 1 aliphatic heterocycles. The molecule has 2 aromatic carbocycles. The first-order chi connectivity index (χ1) is 27.5. The lowest BCUT2D eigenvalue weighted by Crippen LogP contribution is -2.60. The van der Waals surface area contributed by atoms with Crippen LogP contribution in [0.15, 0.2) is 53.7 Å². The molecule has 2 saturated carbocycles. The molecule has 2 atom stereocenters. The van der Waals surface area contributed by atoms with Crippen molar-refractivity contribution in [3.05, 3.63) is 60.0 Å². The topological polar surface area (TPSA) is 128 Å². The number of alkyl halides is 4. The van der Waals surface area contributed by atoms with Crippen molar-refractivity contribution in [2.24, 2.45) is 26.7 Å². The molecule has 328 valence electrons. The highest BCUT2D eigenvalue weighted by Gasteiger charge is 2.55. The summed E-state index contributed by atoms with van der Waals surface area (Å²) < 4.78 is 55.9. The van der Waals surface area contributed by atoms with Crippen LogP contribution in [-0.4, -0.2) is 66.7 Å². The van der Waals surface area contributed by atoms with Crippen molar-refractivity contribution in [1.82, 2.24) is 15.3 Å². The van der Waals surface area contributed by atoms with E-state index in [4.69, 9.17) is 9.98 Å². The Morgan fingerprint density at radius 3 is 1.73 bits per heavy atom. The molecule has 3 aliphatic rings. The van der Waals surface area contributed by atoms with Gasteiger partial charge in [0.25, 0.3) is 0 Å². The van der Waals surface area contributed by atoms with Gasteiger partial charge in [-0.3, -0.25) is 14.6 Å². The quantitative estimate of drug-likeness (QED) is 0.143. The molecule has 8 nitrogen and oxygen atoms in total. The first kappa shape index (κ1) is 45.6. The maximum Gasteiger partial charge on any atom is 0.248 e. The van der Waals surface area contributed by atoms with Crippen LogP contribution in [0.1, 0.15) is 144 Å². The molecular weight excluding hydrogens is 773 g/mol. The van der Waals surface area contributed by atoms with Crippen LogP contribution in [0.2, 0.25) is 0 Å². The van der Waals surface area contributed by atoms with Crippen molar-refractivity contribution in [2.45, 2.75) is 168 Å². The van der Waals surface area contributed by atoms with Gasteiger partial charge in [-0.1, -0.05) is 85.7 Å². The third-order valence-electron chi connectivity index (χ3n) is 14.3. The van der Waals surface area contributed by atoms with Gasteiger partial charge in [-0.15, -0.1) is 0 Å². The number of halogens is 4. The fourth-order valence-electron chi connectivity index (χ4n) is 9.22. The van der Waals surface area contributed by atoms with Gasteiger partial charge in [0.15, 0.2) is 0 Å². The first-order valence-electron chi connectivity index (χ1n) is 21.4. The Balaban J connectivity index is 1.14. The Morgan fingerprint density at radius 2 is 1.22 bits per heavy atom. The van der Waals surface area contributed by atoms with Crippen molar-refractivity contribution in [2.75, 3.05) is 0 Å². The minimum atomic E-state index is -2.84. The molecule has 12 heteroatoms. The molecule has 1 amide bonds. The van der Waals surface area contributed by atoms with Crippen LogP contribution in [0.4, 0.5) is 23.2 Å². The smallest absolute Gasteiger partial charge is 0.248 e. The SMILES string of the molecule is CC(C)(C)[C@H](NC(=O)C(C)(C)C1(O)CCC(F)(F)CC1)C1=Nc2ccc(-c3ccc(-c4cnc([C@@H](CC(=O)C(C)(C)C5(O)CCC(F)(F)CC5)C(C)(C)C)[nH]4)cc3)cc2C1. The lowest BCUT2D eigenvalue weighted by molar-refractivity contribution is -0.169. The van der Waals surface area contributed by atoms with Gasteiger partial charge in [0.05, 0.1) is 45.7 Å². The van der Waals surface area contributed by atoms with Gasteiger partial charge in [-0.25, -0.2) is 22.5 Å². The van der Waals surface area contributed by atoms with Gasteiger partial charge in [-0.2, -0.15) is 0 Å². The molecule has 6 rings (SSSR count). The van der Waals surface area contributed by atoms with E-state index in [-0.39, 0.29) is 49.2 Å². The van der Waals surface area contributed by atoms with Crippen LogP contribution in [0.3, 0.4) is 0 Å². The normalized spacial score (nSPS) is 21.1. The van der Waals surface area contributed by atoms with Gasteiger partial charge >= 0.3 is 0 Å². The van der Waals surface area contributed by atoms with Crippen LogP contribution in [0.25, 0.3) is 22.4 Å². The summed E-state index contributed by atoms with van der Waals surface area (Å²) in [6, 6.07) is 13.7. The molecule has 3 aromatic rings. The number of benzene rings is 2. The molecule has 0 bridgehead atoms. The Bertz CT molecular complexity index is 2100. The fourth-order valence-corrected chi connectivity index (χ4v) is 9.22. The highest BCUT2D eigenvalue weighted by Crippen LogP contribution is 2.50. The number of imidazole rings is 1. The number of nitrogens with zero attached hydrogens (tertiary/aromatic N) is 2. The molecule has 2 fully saturated rings. The summed E-state index contributed by atoms with van der Waals surface area (Å²) in [5.74, 6) is -5.91. The number of carbonyl (C=O) groups is 2. The predicted octanol–water partition coefficient (Wildman–Crippen LogP) is 10.9.